The lowest BCUT2D eigenvalue weighted by atomic mass is 10.1. The number of hydrogen-bond donors (Lipinski definition) is 2. The Labute approximate surface area is 101 Å². The normalized spacial score (nSPS) is 11.2. The monoisotopic (exact) mass is 237 g/mol. The number of pyridine rings is 1. The van der Waals surface area contributed by atoms with E-state index < -0.39 is 0 Å². The van der Waals surface area contributed by atoms with E-state index >= 15 is 0 Å². The zero-order valence-electron chi connectivity index (χ0n) is 10.5. The summed E-state index contributed by atoms with van der Waals surface area (Å²) in [6.45, 7) is 6.82. The molecule has 1 rings (SSSR count). The number of aromatic nitrogens is 1. The second-order valence-corrected chi connectivity index (χ2v) is 4.35. The minimum Gasteiger partial charge on any atom is -0.397 e. The number of anilines is 1. The van der Waals surface area contributed by atoms with Crippen molar-refractivity contribution in [1.82, 2.24) is 10.3 Å². The van der Waals surface area contributed by atoms with E-state index in [1.165, 1.54) is 6.20 Å². The first kappa shape index (κ1) is 13.4. The van der Waals surface area contributed by atoms with Crippen molar-refractivity contribution in [3.8, 4) is 0 Å². The minimum absolute atomic E-state index is 0.224. The summed E-state index contributed by atoms with van der Waals surface area (Å²) < 4.78 is 5.48. The van der Waals surface area contributed by atoms with Gasteiger partial charge in [0.05, 0.1) is 17.5 Å². The lowest BCUT2D eigenvalue weighted by Gasteiger charge is -2.24. The third kappa shape index (κ3) is 4.40. The van der Waals surface area contributed by atoms with Gasteiger partial charge in [0.25, 0.3) is 5.91 Å². The van der Waals surface area contributed by atoms with Crippen molar-refractivity contribution in [1.29, 1.82) is 0 Å². The van der Waals surface area contributed by atoms with Crippen molar-refractivity contribution < 1.29 is 9.53 Å². The Kier molecular flexibility index (Phi) is 4.45. The van der Waals surface area contributed by atoms with Crippen molar-refractivity contribution in [2.75, 3.05) is 18.9 Å². The van der Waals surface area contributed by atoms with Gasteiger partial charge in [-0.05, 0) is 32.9 Å². The molecule has 0 aromatic carbocycles. The fourth-order valence-electron chi connectivity index (χ4n) is 1.37. The Hall–Kier alpha value is -1.62. The largest absolute Gasteiger partial charge is 0.397 e. The summed E-state index contributed by atoms with van der Waals surface area (Å²) >= 11 is 0. The molecule has 1 amide bonds. The van der Waals surface area contributed by atoms with E-state index in [1.807, 2.05) is 20.8 Å². The lowest BCUT2D eigenvalue weighted by molar-refractivity contribution is -0.00818. The van der Waals surface area contributed by atoms with E-state index in [1.54, 1.807) is 12.1 Å². The number of nitrogens with one attached hydrogen (secondary N) is 1. The summed E-state index contributed by atoms with van der Waals surface area (Å²) in [4.78, 5) is 15.7. The molecule has 1 aromatic heterocycles. The summed E-state index contributed by atoms with van der Waals surface area (Å²) in [5.74, 6) is -0.224. The molecular formula is C12H19N3O2. The Morgan fingerprint density at radius 1 is 1.53 bits per heavy atom. The molecule has 0 radical (unpaired) electrons. The molecule has 0 saturated heterocycles. The van der Waals surface area contributed by atoms with E-state index in [2.05, 4.69) is 10.3 Å². The maximum Gasteiger partial charge on any atom is 0.269 e. The molecule has 0 unspecified atom stereocenters. The molecule has 0 spiro atoms. The van der Waals surface area contributed by atoms with Gasteiger partial charge in [-0.15, -0.1) is 0 Å². The van der Waals surface area contributed by atoms with E-state index in [0.717, 1.165) is 0 Å². The van der Waals surface area contributed by atoms with Gasteiger partial charge in [0, 0.05) is 13.2 Å². The van der Waals surface area contributed by atoms with Crippen LogP contribution in [0.1, 0.15) is 31.3 Å². The van der Waals surface area contributed by atoms with E-state index in [4.69, 9.17) is 10.5 Å². The lowest BCUT2D eigenvalue weighted by Crippen LogP contribution is -2.40. The van der Waals surface area contributed by atoms with Gasteiger partial charge in [-0.2, -0.15) is 0 Å². The van der Waals surface area contributed by atoms with Gasteiger partial charge in [-0.3, -0.25) is 4.79 Å². The van der Waals surface area contributed by atoms with Gasteiger partial charge in [0.2, 0.25) is 0 Å². The molecule has 94 valence electrons. The number of nitrogen functional groups attached to an aromatic ring is 1. The highest BCUT2D eigenvalue weighted by Crippen LogP contribution is 2.07. The van der Waals surface area contributed by atoms with Crippen LogP contribution in [0.15, 0.2) is 18.3 Å². The molecule has 0 atom stereocenters. The van der Waals surface area contributed by atoms with Crippen LogP contribution in [0.2, 0.25) is 0 Å². The second-order valence-electron chi connectivity index (χ2n) is 4.35. The highest BCUT2D eigenvalue weighted by atomic mass is 16.5. The minimum atomic E-state index is -0.377. The molecule has 5 heteroatoms. The van der Waals surface area contributed by atoms with Crippen LogP contribution < -0.4 is 11.1 Å². The van der Waals surface area contributed by atoms with Crippen LogP contribution in [0.5, 0.6) is 0 Å². The highest BCUT2D eigenvalue weighted by Gasteiger charge is 2.19. The highest BCUT2D eigenvalue weighted by molar-refractivity contribution is 5.92. The summed E-state index contributed by atoms with van der Waals surface area (Å²) in [5, 5.41) is 2.78. The molecule has 17 heavy (non-hydrogen) atoms. The fraction of sp³-hybridized carbons (Fsp3) is 0.500. The number of carbonyl (C=O) groups is 1. The SMILES string of the molecule is CCOC(C)(C)CNC(=O)c1ccc(N)cn1. The van der Waals surface area contributed by atoms with Crippen LogP contribution in [-0.4, -0.2) is 29.6 Å². The fourth-order valence-corrected chi connectivity index (χ4v) is 1.37. The van der Waals surface area contributed by atoms with Crippen molar-refractivity contribution in [2.24, 2.45) is 0 Å². The molecule has 0 aliphatic carbocycles. The Bertz CT molecular complexity index is 374. The van der Waals surface area contributed by atoms with E-state index in [9.17, 15) is 4.79 Å². The Morgan fingerprint density at radius 3 is 2.76 bits per heavy atom. The average molecular weight is 237 g/mol. The van der Waals surface area contributed by atoms with Crippen molar-refractivity contribution >= 4 is 11.6 Å². The summed E-state index contributed by atoms with van der Waals surface area (Å²) in [5.41, 5.74) is 6.01. The van der Waals surface area contributed by atoms with Crippen LogP contribution in [0, 0.1) is 0 Å². The average Bonchev–Trinajstić information content (AvgIpc) is 2.27. The maximum absolute atomic E-state index is 11.7. The molecule has 3 N–H and O–H groups in total. The quantitative estimate of drug-likeness (QED) is 0.807. The number of ether oxygens (including phenoxy) is 1. The second kappa shape index (κ2) is 5.63. The number of rotatable bonds is 5. The van der Waals surface area contributed by atoms with Crippen LogP contribution in [0.4, 0.5) is 5.69 Å². The smallest absolute Gasteiger partial charge is 0.269 e. The van der Waals surface area contributed by atoms with Crippen LogP contribution in [0.25, 0.3) is 0 Å². The molecule has 1 heterocycles. The number of hydrogen-bond acceptors (Lipinski definition) is 4. The standard InChI is InChI=1S/C12H19N3O2/c1-4-17-12(2,3)8-15-11(16)10-6-5-9(13)7-14-10/h5-7H,4,8,13H2,1-3H3,(H,15,16). The molecule has 0 aliphatic heterocycles. The molecule has 5 nitrogen and oxygen atoms in total. The summed E-state index contributed by atoms with van der Waals surface area (Å²) in [6, 6.07) is 3.24. The topological polar surface area (TPSA) is 77.2 Å². The molecule has 0 saturated carbocycles. The predicted molar refractivity (Wildman–Crippen MR) is 66.7 cm³/mol. The van der Waals surface area contributed by atoms with Gasteiger partial charge in [0.15, 0.2) is 0 Å². The van der Waals surface area contributed by atoms with Crippen LogP contribution >= 0.6 is 0 Å². The Balaban J connectivity index is 2.53. The summed E-state index contributed by atoms with van der Waals surface area (Å²) in [7, 11) is 0. The van der Waals surface area contributed by atoms with Gasteiger partial charge in [-0.25, -0.2) is 4.98 Å². The summed E-state index contributed by atoms with van der Waals surface area (Å²) in [6.07, 6.45) is 1.46. The Morgan fingerprint density at radius 2 is 2.24 bits per heavy atom. The third-order valence-corrected chi connectivity index (χ3v) is 2.23. The van der Waals surface area contributed by atoms with E-state index in [0.29, 0.717) is 24.5 Å². The van der Waals surface area contributed by atoms with Gasteiger partial charge >= 0.3 is 0 Å². The molecule has 0 aliphatic rings. The maximum atomic E-state index is 11.7. The van der Waals surface area contributed by atoms with Crippen LogP contribution in [0.3, 0.4) is 0 Å². The molecular weight excluding hydrogens is 218 g/mol. The van der Waals surface area contributed by atoms with E-state index in [-0.39, 0.29) is 11.5 Å². The molecule has 1 aromatic rings. The first-order chi connectivity index (χ1) is 7.94. The van der Waals surface area contributed by atoms with Gasteiger partial charge in [-0.1, -0.05) is 0 Å². The predicted octanol–water partition coefficient (Wildman–Crippen LogP) is 1.21. The zero-order chi connectivity index (χ0) is 12.9. The first-order valence-corrected chi connectivity index (χ1v) is 5.58. The number of amides is 1. The van der Waals surface area contributed by atoms with Crippen molar-refractivity contribution in [2.45, 2.75) is 26.4 Å². The molecule has 0 fully saturated rings. The third-order valence-electron chi connectivity index (χ3n) is 2.23. The van der Waals surface area contributed by atoms with Crippen LogP contribution in [-0.2, 0) is 4.74 Å². The number of carbonyl (C=O) groups excluding carboxylic acids is 1. The zero-order valence-corrected chi connectivity index (χ0v) is 10.5. The van der Waals surface area contributed by atoms with Crippen molar-refractivity contribution in [3.63, 3.8) is 0 Å². The molecule has 0 bridgehead atoms. The van der Waals surface area contributed by atoms with Gasteiger partial charge < -0.3 is 15.8 Å². The number of nitrogens with zero attached hydrogens (tertiary/aromatic N) is 1. The van der Waals surface area contributed by atoms with Crippen molar-refractivity contribution in [3.05, 3.63) is 24.0 Å². The van der Waals surface area contributed by atoms with Gasteiger partial charge in [0.1, 0.15) is 5.69 Å². The first-order valence-electron chi connectivity index (χ1n) is 5.58. The number of nitrogens with two attached hydrogens (primary N) is 1.